The number of hydrogen-bond acceptors (Lipinski definition) is 11. The number of esters is 2. The number of anilines is 1. The number of carbonyl (C=O) groups excluding carboxylic acids is 3. The first-order valence-corrected chi connectivity index (χ1v) is 11.0. The number of imidazole rings is 1. The molecule has 1 aliphatic rings. The summed E-state index contributed by atoms with van der Waals surface area (Å²) in [5.74, 6) is -1.83. The lowest BCUT2D eigenvalue weighted by Crippen LogP contribution is -2.37. The van der Waals surface area contributed by atoms with Crippen LogP contribution in [0, 0.1) is 5.92 Å². The molecule has 0 aromatic carbocycles. The first-order chi connectivity index (χ1) is 16.0. The molecule has 1 aliphatic heterocycles. The average molecular weight is 479 g/mol. The minimum Gasteiger partial charge on any atom is -0.460 e. The Bertz CT molecular complexity index is 1140. The predicted octanol–water partition coefficient (Wildman–Crippen LogP) is 0.737. The van der Waals surface area contributed by atoms with E-state index >= 15 is 0 Å². The molecule has 2 N–H and O–H groups in total. The van der Waals surface area contributed by atoms with Crippen molar-refractivity contribution >= 4 is 35.0 Å². The minimum atomic E-state index is -1.15. The standard InChI is InChI=1S/C21H29N5O8/c1-6-14(31-11(4)27)15-8-16(32-12(5)28)19(33-15)25-18-13(9-23-20(22)24-18)26(21(25)30)34-17(29)7-10(2)3/h9-10,14-16,19H,6-8H2,1-5H3,(H2,22,23,24)/t14-,15-,16+,19+/m0/s1. The predicted molar refractivity (Wildman–Crippen MR) is 117 cm³/mol. The van der Waals surface area contributed by atoms with Crippen molar-refractivity contribution in [2.45, 2.75) is 78.4 Å². The van der Waals surface area contributed by atoms with E-state index in [-0.39, 0.29) is 35.9 Å². The lowest BCUT2D eigenvalue weighted by Gasteiger charge is -2.22. The molecular weight excluding hydrogens is 450 g/mol. The number of rotatable bonds is 8. The van der Waals surface area contributed by atoms with Gasteiger partial charge in [0.2, 0.25) is 5.95 Å². The lowest BCUT2D eigenvalue weighted by molar-refractivity contribution is -0.158. The molecule has 0 saturated carbocycles. The van der Waals surface area contributed by atoms with Crippen LogP contribution in [0.15, 0.2) is 11.0 Å². The molecule has 0 amide bonds. The maximum atomic E-state index is 13.4. The van der Waals surface area contributed by atoms with Gasteiger partial charge in [-0.1, -0.05) is 20.8 Å². The Morgan fingerprint density at radius 3 is 2.56 bits per heavy atom. The molecule has 34 heavy (non-hydrogen) atoms. The molecule has 3 rings (SSSR count). The van der Waals surface area contributed by atoms with Crippen LogP contribution in [0.5, 0.6) is 0 Å². The van der Waals surface area contributed by atoms with Crippen molar-refractivity contribution in [3.8, 4) is 0 Å². The number of nitrogen functional groups attached to an aromatic ring is 1. The van der Waals surface area contributed by atoms with E-state index in [1.165, 1.54) is 20.0 Å². The van der Waals surface area contributed by atoms with E-state index in [0.29, 0.717) is 6.42 Å². The van der Waals surface area contributed by atoms with Gasteiger partial charge in [0.1, 0.15) is 23.8 Å². The Kier molecular flexibility index (Phi) is 7.54. The molecule has 1 fully saturated rings. The highest BCUT2D eigenvalue weighted by atomic mass is 16.7. The van der Waals surface area contributed by atoms with Crippen molar-refractivity contribution in [1.29, 1.82) is 0 Å². The number of nitrogens with zero attached hydrogens (tertiary/aromatic N) is 4. The first kappa shape index (κ1) is 25.1. The van der Waals surface area contributed by atoms with Crippen molar-refractivity contribution < 1.29 is 33.4 Å². The molecule has 0 aliphatic carbocycles. The number of hydrogen-bond donors (Lipinski definition) is 1. The number of nitrogens with two attached hydrogens (primary N) is 1. The molecule has 3 heterocycles. The second-order valence-corrected chi connectivity index (χ2v) is 8.45. The molecular formula is C21H29N5O8. The van der Waals surface area contributed by atoms with Crippen LogP contribution in [0.4, 0.5) is 5.95 Å². The minimum absolute atomic E-state index is 0.00275. The second kappa shape index (κ2) is 10.2. The molecule has 4 atom stereocenters. The van der Waals surface area contributed by atoms with Crippen LogP contribution in [-0.2, 0) is 28.6 Å². The molecule has 2 aromatic rings. The Hall–Kier alpha value is -3.48. The zero-order valence-corrected chi connectivity index (χ0v) is 19.7. The molecule has 2 aromatic heterocycles. The summed E-state index contributed by atoms with van der Waals surface area (Å²) in [4.78, 5) is 62.3. The summed E-state index contributed by atoms with van der Waals surface area (Å²) in [5.41, 5.74) is 5.06. The SMILES string of the molecule is CC[C@H](OC(C)=O)[C@@H]1C[C@@H](OC(C)=O)[C@H](n2c(=O)n(OC(=O)CC(C)C)c3cnc(N)nc32)O1. The fourth-order valence-corrected chi connectivity index (χ4v) is 3.87. The van der Waals surface area contributed by atoms with Gasteiger partial charge in [-0.3, -0.25) is 9.59 Å². The van der Waals surface area contributed by atoms with E-state index in [4.69, 9.17) is 24.8 Å². The molecule has 13 heteroatoms. The number of aromatic nitrogens is 4. The van der Waals surface area contributed by atoms with Gasteiger partial charge < -0.3 is 24.8 Å². The van der Waals surface area contributed by atoms with Crippen LogP contribution in [0.1, 0.15) is 60.1 Å². The monoisotopic (exact) mass is 479 g/mol. The van der Waals surface area contributed by atoms with Gasteiger partial charge in [0.05, 0.1) is 12.6 Å². The largest absolute Gasteiger partial charge is 0.460 e. The van der Waals surface area contributed by atoms with Gasteiger partial charge in [0.15, 0.2) is 11.9 Å². The van der Waals surface area contributed by atoms with Gasteiger partial charge >= 0.3 is 23.6 Å². The van der Waals surface area contributed by atoms with E-state index in [0.717, 1.165) is 9.30 Å². The number of ether oxygens (including phenoxy) is 3. The summed E-state index contributed by atoms with van der Waals surface area (Å²) in [6, 6.07) is 0. The quantitative estimate of drug-likeness (QED) is 0.530. The summed E-state index contributed by atoms with van der Waals surface area (Å²) in [6.07, 6.45) is -1.44. The van der Waals surface area contributed by atoms with Crippen molar-refractivity contribution in [3.63, 3.8) is 0 Å². The first-order valence-electron chi connectivity index (χ1n) is 11.0. The van der Waals surface area contributed by atoms with E-state index in [1.54, 1.807) is 0 Å². The van der Waals surface area contributed by atoms with Gasteiger partial charge in [-0.05, 0) is 12.3 Å². The lowest BCUT2D eigenvalue weighted by atomic mass is 10.1. The smallest absolute Gasteiger partial charge is 0.366 e. The van der Waals surface area contributed by atoms with Crippen LogP contribution in [0.3, 0.4) is 0 Å². The van der Waals surface area contributed by atoms with E-state index in [2.05, 4.69) is 9.97 Å². The highest BCUT2D eigenvalue weighted by Gasteiger charge is 2.45. The molecule has 0 bridgehead atoms. The second-order valence-electron chi connectivity index (χ2n) is 8.45. The Morgan fingerprint density at radius 2 is 1.97 bits per heavy atom. The summed E-state index contributed by atoms with van der Waals surface area (Å²) in [5, 5.41) is 0. The average Bonchev–Trinajstić information content (AvgIpc) is 3.23. The molecule has 1 saturated heterocycles. The van der Waals surface area contributed by atoms with Crippen LogP contribution < -0.4 is 16.3 Å². The van der Waals surface area contributed by atoms with Gasteiger partial charge in [-0.25, -0.2) is 19.1 Å². The van der Waals surface area contributed by atoms with Gasteiger partial charge in [-0.2, -0.15) is 4.98 Å². The fourth-order valence-electron chi connectivity index (χ4n) is 3.87. The van der Waals surface area contributed by atoms with Crippen LogP contribution >= 0.6 is 0 Å². The molecule has 0 spiro atoms. The fraction of sp³-hybridized carbons (Fsp3) is 0.619. The Morgan fingerprint density at radius 1 is 1.26 bits per heavy atom. The van der Waals surface area contributed by atoms with Gasteiger partial charge in [-0.15, -0.1) is 4.73 Å². The third-order valence-electron chi connectivity index (χ3n) is 5.17. The summed E-state index contributed by atoms with van der Waals surface area (Å²) < 4.78 is 18.7. The number of carbonyl (C=O) groups is 3. The maximum Gasteiger partial charge on any atom is 0.366 e. The Labute approximate surface area is 195 Å². The van der Waals surface area contributed by atoms with Crippen molar-refractivity contribution in [3.05, 3.63) is 16.7 Å². The normalized spacial score (nSPS) is 20.9. The zero-order valence-electron chi connectivity index (χ0n) is 19.7. The molecule has 0 unspecified atom stereocenters. The number of fused-ring (bicyclic) bond motifs is 1. The highest BCUT2D eigenvalue weighted by Crippen LogP contribution is 2.35. The van der Waals surface area contributed by atoms with Gasteiger partial charge in [0, 0.05) is 20.3 Å². The Balaban J connectivity index is 2.08. The zero-order chi connectivity index (χ0) is 25.2. The molecule has 13 nitrogen and oxygen atoms in total. The van der Waals surface area contributed by atoms with Crippen LogP contribution in [0.25, 0.3) is 11.2 Å². The molecule has 186 valence electrons. The van der Waals surface area contributed by atoms with Crippen LogP contribution in [-0.4, -0.2) is 55.5 Å². The summed E-state index contributed by atoms with van der Waals surface area (Å²) >= 11 is 0. The molecule has 0 radical (unpaired) electrons. The van der Waals surface area contributed by atoms with E-state index < -0.39 is 48.1 Å². The van der Waals surface area contributed by atoms with Gasteiger partial charge in [0.25, 0.3) is 0 Å². The maximum absolute atomic E-state index is 13.4. The van der Waals surface area contributed by atoms with Crippen molar-refractivity contribution in [1.82, 2.24) is 19.3 Å². The summed E-state index contributed by atoms with van der Waals surface area (Å²) in [7, 11) is 0. The van der Waals surface area contributed by atoms with Crippen molar-refractivity contribution in [2.75, 3.05) is 5.73 Å². The summed E-state index contributed by atoms with van der Waals surface area (Å²) in [6.45, 7) is 7.99. The van der Waals surface area contributed by atoms with Crippen LogP contribution in [0.2, 0.25) is 0 Å². The topological polar surface area (TPSA) is 167 Å². The third-order valence-corrected chi connectivity index (χ3v) is 5.17. The van der Waals surface area contributed by atoms with E-state index in [9.17, 15) is 19.2 Å². The van der Waals surface area contributed by atoms with Crippen molar-refractivity contribution in [2.24, 2.45) is 5.92 Å². The van der Waals surface area contributed by atoms with E-state index in [1.807, 2.05) is 20.8 Å². The third kappa shape index (κ3) is 5.35. The highest BCUT2D eigenvalue weighted by molar-refractivity contribution is 5.75.